The van der Waals surface area contributed by atoms with Gasteiger partial charge in [-0.1, -0.05) is 0 Å². The van der Waals surface area contributed by atoms with E-state index >= 15 is 0 Å². The van der Waals surface area contributed by atoms with Crippen molar-refractivity contribution >= 4 is 17.5 Å². The molecule has 0 aromatic heterocycles. The van der Waals surface area contributed by atoms with Crippen LogP contribution in [0.25, 0.3) is 0 Å². The van der Waals surface area contributed by atoms with Crippen LogP contribution in [0.15, 0.2) is 24.3 Å². The Morgan fingerprint density at radius 2 is 1.88 bits per heavy atom. The number of anilines is 1. The van der Waals surface area contributed by atoms with Gasteiger partial charge < -0.3 is 19.9 Å². The van der Waals surface area contributed by atoms with E-state index in [9.17, 15) is 14.0 Å². The zero-order valence-corrected chi connectivity index (χ0v) is 15.1. The molecule has 1 saturated heterocycles. The molecule has 3 rings (SSSR count). The minimum atomic E-state index is -0.247. The first-order valence-electron chi connectivity index (χ1n) is 9.26. The van der Waals surface area contributed by atoms with Crippen LogP contribution in [0.4, 0.5) is 10.1 Å². The van der Waals surface area contributed by atoms with Crippen LogP contribution in [0.5, 0.6) is 0 Å². The lowest BCUT2D eigenvalue weighted by atomic mass is 10.2. The fourth-order valence-corrected chi connectivity index (χ4v) is 3.29. The summed E-state index contributed by atoms with van der Waals surface area (Å²) in [5.41, 5.74) is 0.971. The van der Waals surface area contributed by atoms with Gasteiger partial charge in [0, 0.05) is 51.4 Å². The van der Waals surface area contributed by atoms with Crippen LogP contribution in [0.3, 0.4) is 0 Å². The van der Waals surface area contributed by atoms with Crippen LogP contribution in [0.2, 0.25) is 0 Å². The first-order chi connectivity index (χ1) is 12.6. The van der Waals surface area contributed by atoms with Gasteiger partial charge in [-0.15, -0.1) is 0 Å². The molecule has 0 bridgehead atoms. The molecule has 1 aromatic carbocycles. The van der Waals surface area contributed by atoms with E-state index in [1.807, 2.05) is 11.8 Å². The molecule has 0 spiro atoms. The second-order valence-corrected chi connectivity index (χ2v) is 6.72. The second-order valence-electron chi connectivity index (χ2n) is 6.72. The minimum Gasteiger partial charge on any atom is -0.378 e. The normalized spacial score (nSPS) is 22.2. The molecule has 142 valence electrons. The van der Waals surface area contributed by atoms with Crippen molar-refractivity contribution in [1.82, 2.24) is 10.2 Å². The zero-order valence-electron chi connectivity index (χ0n) is 15.1. The van der Waals surface area contributed by atoms with Crippen molar-refractivity contribution in [1.29, 1.82) is 0 Å². The van der Waals surface area contributed by atoms with E-state index in [-0.39, 0.29) is 29.7 Å². The third-order valence-electron chi connectivity index (χ3n) is 4.91. The Morgan fingerprint density at radius 3 is 2.54 bits per heavy atom. The summed E-state index contributed by atoms with van der Waals surface area (Å²) in [7, 11) is 0. The van der Waals surface area contributed by atoms with Gasteiger partial charge in [0.25, 0.3) is 0 Å². The number of carbonyl (C=O) groups excluding carboxylic acids is 2. The highest BCUT2D eigenvalue weighted by Crippen LogP contribution is 2.33. The van der Waals surface area contributed by atoms with E-state index in [0.717, 1.165) is 25.2 Å². The Morgan fingerprint density at radius 1 is 1.19 bits per heavy atom. The fourth-order valence-electron chi connectivity index (χ4n) is 3.29. The Kier molecular flexibility index (Phi) is 6.08. The Bertz CT molecular complexity index is 629. The summed E-state index contributed by atoms with van der Waals surface area (Å²) in [4.78, 5) is 28.2. The predicted octanol–water partition coefficient (Wildman–Crippen LogP) is 1.41. The molecule has 1 aromatic rings. The SMILES string of the molecule is CCOC1CC1C(=O)NCCC(=O)N1CCN(c2ccc(F)cc2)CC1. The third kappa shape index (κ3) is 4.72. The summed E-state index contributed by atoms with van der Waals surface area (Å²) in [5.74, 6) is -0.258. The number of nitrogens with one attached hydrogen (secondary N) is 1. The number of ether oxygens (including phenoxy) is 1. The van der Waals surface area contributed by atoms with E-state index in [1.54, 1.807) is 12.1 Å². The molecule has 1 aliphatic carbocycles. The largest absolute Gasteiger partial charge is 0.378 e. The average molecular weight is 363 g/mol. The molecule has 2 unspecified atom stereocenters. The lowest BCUT2D eigenvalue weighted by molar-refractivity contribution is -0.131. The highest BCUT2D eigenvalue weighted by Gasteiger charge is 2.43. The lowest BCUT2D eigenvalue weighted by Crippen LogP contribution is -2.49. The third-order valence-corrected chi connectivity index (χ3v) is 4.91. The molecule has 2 amide bonds. The van der Waals surface area contributed by atoms with Crippen LogP contribution in [-0.4, -0.2) is 62.1 Å². The van der Waals surface area contributed by atoms with Gasteiger partial charge in [-0.2, -0.15) is 0 Å². The number of hydrogen-bond acceptors (Lipinski definition) is 4. The van der Waals surface area contributed by atoms with Crippen molar-refractivity contribution in [3.63, 3.8) is 0 Å². The molecule has 1 saturated carbocycles. The molecule has 1 N–H and O–H groups in total. The predicted molar refractivity (Wildman–Crippen MR) is 96.3 cm³/mol. The topological polar surface area (TPSA) is 61.9 Å². The minimum absolute atomic E-state index is 0.0163. The number of rotatable bonds is 7. The van der Waals surface area contributed by atoms with Gasteiger partial charge in [-0.05, 0) is 37.6 Å². The average Bonchev–Trinajstić information content (AvgIpc) is 3.42. The van der Waals surface area contributed by atoms with Gasteiger partial charge in [-0.25, -0.2) is 4.39 Å². The van der Waals surface area contributed by atoms with Crippen LogP contribution in [0.1, 0.15) is 19.8 Å². The lowest BCUT2D eigenvalue weighted by Gasteiger charge is -2.36. The number of carbonyl (C=O) groups is 2. The van der Waals surface area contributed by atoms with E-state index < -0.39 is 0 Å². The maximum absolute atomic E-state index is 13.0. The highest BCUT2D eigenvalue weighted by molar-refractivity contribution is 5.83. The van der Waals surface area contributed by atoms with Gasteiger partial charge in [0.05, 0.1) is 12.0 Å². The van der Waals surface area contributed by atoms with Gasteiger partial charge in [-0.3, -0.25) is 9.59 Å². The van der Waals surface area contributed by atoms with E-state index in [4.69, 9.17) is 4.74 Å². The van der Waals surface area contributed by atoms with Crippen LogP contribution < -0.4 is 10.2 Å². The molecule has 7 heteroatoms. The first kappa shape index (κ1) is 18.6. The first-order valence-corrected chi connectivity index (χ1v) is 9.26. The molecule has 0 radical (unpaired) electrons. The number of amides is 2. The number of piperazine rings is 1. The molecular weight excluding hydrogens is 337 g/mol. The maximum Gasteiger partial charge on any atom is 0.225 e. The van der Waals surface area contributed by atoms with Crippen molar-refractivity contribution in [3.05, 3.63) is 30.1 Å². The molecule has 26 heavy (non-hydrogen) atoms. The monoisotopic (exact) mass is 363 g/mol. The van der Waals surface area contributed by atoms with Gasteiger partial charge in [0.1, 0.15) is 5.82 Å². The number of hydrogen-bond donors (Lipinski definition) is 1. The number of nitrogens with zero attached hydrogens (tertiary/aromatic N) is 2. The van der Waals surface area contributed by atoms with Crippen molar-refractivity contribution in [2.75, 3.05) is 44.2 Å². The fraction of sp³-hybridized carbons (Fsp3) is 0.579. The summed E-state index contributed by atoms with van der Waals surface area (Å²) in [6.45, 7) is 5.63. The summed E-state index contributed by atoms with van der Waals surface area (Å²) in [5, 5.41) is 2.83. The van der Waals surface area contributed by atoms with Gasteiger partial charge in [0.2, 0.25) is 11.8 Å². The van der Waals surface area contributed by atoms with E-state index in [1.165, 1.54) is 12.1 Å². The van der Waals surface area contributed by atoms with Crippen molar-refractivity contribution in [2.24, 2.45) is 5.92 Å². The second kappa shape index (κ2) is 8.49. The Hall–Kier alpha value is -2.15. The van der Waals surface area contributed by atoms with E-state index in [2.05, 4.69) is 10.2 Å². The quantitative estimate of drug-likeness (QED) is 0.796. The van der Waals surface area contributed by atoms with Crippen molar-refractivity contribution in [2.45, 2.75) is 25.9 Å². The van der Waals surface area contributed by atoms with Crippen molar-refractivity contribution in [3.8, 4) is 0 Å². The molecule has 2 aliphatic rings. The molecule has 2 fully saturated rings. The summed E-state index contributed by atoms with van der Waals surface area (Å²) < 4.78 is 18.4. The van der Waals surface area contributed by atoms with Gasteiger partial charge in [0.15, 0.2) is 0 Å². The Labute approximate surface area is 153 Å². The number of benzene rings is 1. The Balaban J connectivity index is 1.35. The summed E-state index contributed by atoms with van der Waals surface area (Å²) in [6.07, 6.45) is 1.14. The summed E-state index contributed by atoms with van der Waals surface area (Å²) >= 11 is 0. The van der Waals surface area contributed by atoms with Crippen LogP contribution in [0, 0.1) is 11.7 Å². The maximum atomic E-state index is 13.0. The van der Waals surface area contributed by atoms with Gasteiger partial charge >= 0.3 is 0 Å². The van der Waals surface area contributed by atoms with Crippen molar-refractivity contribution < 1.29 is 18.7 Å². The van der Waals surface area contributed by atoms with Crippen LogP contribution in [-0.2, 0) is 14.3 Å². The van der Waals surface area contributed by atoms with E-state index in [0.29, 0.717) is 32.7 Å². The highest BCUT2D eigenvalue weighted by atomic mass is 19.1. The number of halogens is 1. The molecule has 2 atom stereocenters. The molecule has 1 aliphatic heterocycles. The van der Waals surface area contributed by atoms with Crippen LogP contribution >= 0.6 is 0 Å². The molecule has 1 heterocycles. The standard InChI is InChI=1S/C19H26FN3O3/c1-2-26-17-13-16(17)19(25)21-8-7-18(24)23-11-9-22(10-12-23)15-5-3-14(20)4-6-15/h3-6,16-17H,2,7-13H2,1H3,(H,21,25). The zero-order chi connectivity index (χ0) is 18.5. The smallest absolute Gasteiger partial charge is 0.225 e. The summed E-state index contributed by atoms with van der Waals surface area (Å²) in [6, 6.07) is 6.42. The molecule has 6 nitrogen and oxygen atoms in total. The molecular formula is C19H26FN3O3.